The third-order valence-corrected chi connectivity index (χ3v) is 8.34. The van der Waals surface area contributed by atoms with Crippen molar-refractivity contribution in [2.75, 3.05) is 6.54 Å². The van der Waals surface area contributed by atoms with Gasteiger partial charge >= 0.3 is 0 Å². The predicted molar refractivity (Wildman–Crippen MR) is 123 cm³/mol. The van der Waals surface area contributed by atoms with Gasteiger partial charge in [-0.3, -0.25) is 4.79 Å². The summed E-state index contributed by atoms with van der Waals surface area (Å²) in [4.78, 5) is 16.4. The van der Waals surface area contributed by atoms with Crippen molar-refractivity contribution in [3.63, 3.8) is 0 Å². The largest absolute Gasteiger partial charge is 0.350 e. The van der Waals surface area contributed by atoms with E-state index in [0.29, 0.717) is 31.6 Å². The first-order chi connectivity index (χ1) is 15.4. The Labute approximate surface area is 189 Å². The van der Waals surface area contributed by atoms with Gasteiger partial charge < -0.3 is 9.88 Å². The third-order valence-electron chi connectivity index (χ3n) is 5.97. The molecule has 3 aromatic rings. The van der Waals surface area contributed by atoms with Gasteiger partial charge in [0.15, 0.2) is 0 Å². The maximum Gasteiger partial charge on any atom is 0.251 e. The highest BCUT2D eigenvalue weighted by molar-refractivity contribution is 7.89. The Hall–Kier alpha value is -2.97. The van der Waals surface area contributed by atoms with Crippen molar-refractivity contribution in [1.82, 2.24) is 19.2 Å². The van der Waals surface area contributed by atoms with Gasteiger partial charge in [0, 0.05) is 43.6 Å². The number of amides is 1. The van der Waals surface area contributed by atoms with Crippen LogP contribution in [0, 0.1) is 0 Å². The smallest absolute Gasteiger partial charge is 0.251 e. The van der Waals surface area contributed by atoms with Crippen molar-refractivity contribution >= 4 is 15.9 Å². The Morgan fingerprint density at radius 1 is 1.09 bits per heavy atom. The van der Waals surface area contributed by atoms with Gasteiger partial charge in [-0.15, -0.1) is 0 Å². The molecule has 2 atom stereocenters. The summed E-state index contributed by atoms with van der Waals surface area (Å²) in [5.74, 6) is -0.153. The lowest BCUT2D eigenvalue weighted by Crippen LogP contribution is -2.44. The summed E-state index contributed by atoms with van der Waals surface area (Å²) in [7, 11) is -3.48. The molecule has 1 amide bonds. The molecule has 1 unspecified atom stereocenters. The minimum Gasteiger partial charge on any atom is -0.350 e. The number of nitrogens with zero attached hydrogens (tertiary/aromatic N) is 3. The Balaban J connectivity index is 1.41. The first kappa shape index (κ1) is 22.2. The Kier molecular flexibility index (Phi) is 6.72. The predicted octanol–water partition coefficient (Wildman–Crippen LogP) is 3.37. The SMILES string of the molecule is C[C@H]1CCC(c2ccccc2)S(=O)(=O)N1Cc1ccc(C(=O)NCCn2ccnc2)cc1. The van der Waals surface area contributed by atoms with E-state index in [1.54, 1.807) is 29.0 Å². The second-order valence-electron chi connectivity index (χ2n) is 8.17. The van der Waals surface area contributed by atoms with Crippen molar-refractivity contribution in [3.8, 4) is 0 Å². The quantitative estimate of drug-likeness (QED) is 0.596. The van der Waals surface area contributed by atoms with Crippen LogP contribution in [0.3, 0.4) is 0 Å². The zero-order valence-corrected chi connectivity index (χ0v) is 18.9. The molecule has 32 heavy (non-hydrogen) atoms. The van der Waals surface area contributed by atoms with E-state index < -0.39 is 15.3 Å². The fourth-order valence-electron chi connectivity index (χ4n) is 4.11. The zero-order chi connectivity index (χ0) is 22.6. The van der Waals surface area contributed by atoms with Crippen molar-refractivity contribution in [1.29, 1.82) is 0 Å². The maximum atomic E-state index is 13.4. The minimum atomic E-state index is -3.48. The maximum absolute atomic E-state index is 13.4. The van der Waals surface area contributed by atoms with Crippen molar-refractivity contribution in [3.05, 3.63) is 90.0 Å². The fourth-order valence-corrected chi connectivity index (χ4v) is 6.31. The van der Waals surface area contributed by atoms with Crippen LogP contribution in [0.4, 0.5) is 0 Å². The molecule has 7 nitrogen and oxygen atoms in total. The van der Waals surface area contributed by atoms with Crippen LogP contribution >= 0.6 is 0 Å². The van der Waals surface area contributed by atoms with Gasteiger partial charge in [-0.1, -0.05) is 42.5 Å². The molecule has 2 aromatic carbocycles. The van der Waals surface area contributed by atoms with E-state index in [-0.39, 0.29) is 11.9 Å². The standard InChI is InChI=1S/C24H28N4O3S/c1-19-7-12-23(21-5-3-2-4-6-21)32(30,31)28(19)17-20-8-10-22(11-9-20)24(29)26-14-16-27-15-13-25-18-27/h2-6,8-11,13,15,18-19,23H,7,12,14,16-17H2,1H3,(H,26,29)/t19-,23?/m0/s1. The lowest BCUT2D eigenvalue weighted by Gasteiger charge is -2.37. The first-order valence-corrected chi connectivity index (χ1v) is 12.3. The van der Waals surface area contributed by atoms with E-state index in [2.05, 4.69) is 10.3 Å². The number of hydrogen-bond donors (Lipinski definition) is 1. The number of benzene rings is 2. The molecule has 0 bridgehead atoms. The average Bonchev–Trinajstić information content (AvgIpc) is 3.31. The molecule has 8 heteroatoms. The fraction of sp³-hybridized carbons (Fsp3) is 0.333. The molecule has 4 rings (SSSR count). The van der Waals surface area contributed by atoms with Crippen LogP contribution < -0.4 is 5.32 Å². The van der Waals surface area contributed by atoms with E-state index in [1.807, 2.05) is 60.2 Å². The highest BCUT2D eigenvalue weighted by Crippen LogP contribution is 2.37. The van der Waals surface area contributed by atoms with Crippen LogP contribution in [0.25, 0.3) is 0 Å². The molecule has 1 aliphatic heterocycles. The van der Waals surface area contributed by atoms with E-state index in [9.17, 15) is 13.2 Å². The highest BCUT2D eigenvalue weighted by Gasteiger charge is 2.40. The molecule has 1 saturated heterocycles. The molecule has 168 valence electrons. The van der Waals surface area contributed by atoms with Crippen molar-refractivity contribution in [2.24, 2.45) is 0 Å². The summed E-state index contributed by atoms with van der Waals surface area (Å²) >= 11 is 0. The molecular formula is C24H28N4O3S. The number of carbonyl (C=O) groups excluding carboxylic acids is 1. The molecule has 0 spiro atoms. The highest BCUT2D eigenvalue weighted by atomic mass is 32.2. The lowest BCUT2D eigenvalue weighted by molar-refractivity contribution is 0.0952. The van der Waals surface area contributed by atoms with Gasteiger partial charge in [-0.05, 0) is 43.0 Å². The van der Waals surface area contributed by atoms with Crippen molar-refractivity contribution < 1.29 is 13.2 Å². The van der Waals surface area contributed by atoms with Gasteiger partial charge in [-0.2, -0.15) is 4.31 Å². The van der Waals surface area contributed by atoms with Crippen LogP contribution in [0.5, 0.6) is 0 Å². The van der Waals surface area contributed by atoms with E-state index >= 15 is 0 Å². The van der Waals surface area contributed by atoms with Crippen LogP contribution in [-0.2, 0) is 23.1 Å². The molecule has 0 radical (unpaired) electrons. The molecular weight excluding hydrogens is 424 g/mol. The third kappa shape index (κ3) is 4.92. The van der Waals surface area contributed by atoms with Gasteiger partial charge in [0.1, 0.15) is 5.25 Å². The second kappa shape index (κ2) is 9.67. The lowest BCUT2D eigenvalue weighted by atomic mass is 10.0. The number of hydrogen-bond acceptors (Lipinski definition) is 4. The number of sulfonamides is 1. The number of imidazole rings is 1. The summed E-state index contributed by atoms with van der Waals surface area (Å²) in [6, 6.07) is 16.5. The molecule has 1 fully saturated rings. The summed E-state index contributed by atoms with van der Waals surface area (Å²) < 4.78 is 30.2. The molecule has 0 saturated carbocycles. The van der Waals surface area contributed by atoms with E-state index in [1.165, 1.54) is 0 Å². The molecule has 1 N–H and O–H groups in total. The number of carbonyl (C=O) groups is 1. The van der Waals surface area contributed by atoms with E-state index in [0.717, 1.165) is 17.5 Å². The monoisotopic (exact) mass is 452 g/mol. The van der Waals surface area contributed by atoms with Crippen LogP contribution in [-0.4, -0.2) is 40.8 Å². The number of aromatic nitrogens is 2. The Morgan fingerprint density at radius 2 is 1.84 bits per heavy atom. The summed E-state index contributed by atoms with van der Waals surface area (Å²) in [5.41, 5.74) is 2.26. The summed E-state index contributed by atoms with van der Waals surface area (Å²) in [6.07, 6.45) is 6.70. The summed E-state index contributed by atoms with van der Waals surface area (Å²) in [6.45, 7) is 3.41. The summed E-state index contributed by atoms with van der Waals surface area (Å²) in [5, 5.41) is 2.37. The van der Waals surface area contributed by atoms with Gasteiger partial charge in [0.25, 0.3) is 5.91 Å². The molecule has 1 aliphatic rings. The average molecular weight is 453 g/mol. The van der Waals surface area contributed by atoms with Crippen LogP contribution in [0.2, 0.25) is 0 Å². The normalized spacial score (nSPS) is 20.7. The molecule has 2 heterocycles. The van der Waals surface area contributed by atoms with E-state index in [4.69, 9.17) is 0 Å². The van der Waals surface area contributed by atoms with Crippen LogP contribution in [0.15, 0.2) is 73.3 Å². The second-order valence-corrected chi connectivity index (χ2v) is 10.2. The van der Waals surface area contributed by atoms with Gasteiger partial charge in [-0.25, -0.2) is 13.4 Å². The first-order valence-electron chi connectivity index (χ1n) is 10.8. The van der Waals surface area contributed by atoms with Gasteiger partial charge in [0.2, 0.25) is 10.0 Å². The number of rotatable bonds is 7. The van der Waals surface area contributed by atoms with Gasteiger partial charge in [0.05, 0.1) is 6.33 Å². The molecule has 0 aliphatic carbocycles. The van der Waals surface area contributed by atoms with Crippen molar-refractivity contribution in [2.45, 2.75) is 44.1 Å². The van der Waals surface area contributed by atoms with Crippen LogP contribution in [0.1, 0.15) is 46.5 Å². The zero-order valence-electron chi connectivity index (χ0n) is 18.1. The Morgan fingerprint density at radius 3 is 2.53 bits per heavy atom. The topological polar surface area (TPSA) is 84.3 Å². The minimum absolute atomic E-state index is 0.0638. The Bertz CT molecular complexity index is 1130. The molecule has 1 aromatic heterocycles. The number of nitrogens with one attached hydrogen (secondary N) is 1.